The van der Waals surface area contributed by atoms with Gasteiger partial charge in [0.25, 0.3) is 0 Å². The van der Waals surface area contributed by atoms with E-state index in [0.717, 1.165) is 18.4 Å². The van der Waals surface area contributed by atoms with Crippen LogP contribution in [0.25, 0.3) is 0 Å². The maximum atomic E-state index is 8.83. The van der Waals surface area contributed by atoms with Crippen molar-refractivity contribution in [3.8, 4) is 0 Å². The topological polar surface area (TPSA) is 35.5 Å². The zero-order chi connectivity index (χ0) is 9.10. The monoisotopic (exact) mass is 256 g/mol. The molecule has 0 radical (unpaired) electrons. The minimum atomic E-state index is 0. The summed E-state index contributed by atoms with van der Waals surface area (Å²) in [6, 6.07) is 0.815. The van der Waals surface area contributed by atoms with Crippen molar-refractivity contribution in [1.82, 2.24) is 10.2 Å². The molecular formula is C10H22Cl2N2O. The van der Waals surface area contributed by atoms with Crippen LogP contribution >= 0.6 is 24.8 Å². The number of nitrogens with one attached hydrogen (secondary N) is 1. The summed E-state index contributed by atoms with van der Waals surface area (Å²) < 4.78 is 0. The normalized spacial score (nSPS) is 23.8. The zero-order valence-electron chi connectivity index (χ0n) is 9.02. The number of halogens is 2. The van der Waals surface area contributed by atoms with Crippen LogP contribution in [-0.2, 0) is 0 Å². The second-order valence-electron chi connectivity index (χ2n) is 4.30. The molecule has 0 bridgehead atoms. The lowest BCUT2D eigenvalue weighted by Crippen LogP contribution is -2.58. The molecule has 15 heavy (non-hydrogen) atoms. The van der Waals surface area contributed by atoms with E-state index in [-0.39, 0.29) is 24.8 Å². The van der Waals surface area contributed by atoms with Gasteiger partial charge in [-0.25, -0.2) is 0 Å². The van der Waals surface area contributed by atoms with Crippen LogP contribution in [0, 0.1) is 5.92 Å². The van der Waals surface area contributed by atoms with Crippen molar-refractivity contribution in [2.75, 3.05) is 32.8 Å². The lowest BCUT2D eigenvalue weighted by atomic mass is 9.92. The number of aliphatic hydroxyl groups excluding tert-OH is 1. The van der Waals surface area contributed by atoms with Gasteiger partial charge in [0, 0.05) is 25.7 Å². The minimum Gasteiger partial charge on any atom is -0.396 e. The molecule has 92 valence electrons. The molecule has 0 unspecified atom stereocenters. The summed E-state index contributed by atoms with van der Waals surface area (Å²) in [6.07, 6.45) is 3.59. The molecule has 0 aliphatic carbocycles. The Hall–Kier alpha value is 0.460. The van der Waals surface area contributed by atoms with E-state index < -0.39 is 0 Å². The molecule has 2 rings (SSSR count). The van der Waals surface area contributed by atoms with Gasteiger partial charge in [0.15, 0.2) is 0 Å². The van der Waals surface area contributed by atoms with Gasteiger partial charge in [0.05, 0.1) is 0 Å². The summed E-state index contributed by atoms with van der Waals surface area (Å²) in [7, 11) is 0. The van der Waals surface area contributed by atoms with Gasteiger partial charge in [-0.2, -0.15) is 0 Å². The van der Waals surface area contributed by atoms with Crippen molar-refractivity contribution in [3.63, 3.8) is 0 Å². The van der Waals surface area contributed by atoms with Gasteiger partial charge in [0.2, 0.25) is 0 Å². The average molecular weight is 257 g/mol. The molecule has 0 atom stereocenters. The summed E-state index contributed by atoms with van der Waals surface area (Å²) in [5, 5.41) is 12.1. The van der Waals surface area contributed by atoms with Gasteiger partial charge in [-0.3, -0.25) is 4.90 Å². The Morgan fingerprint density at radius 1 is 1.13 bits per heavy atom. The van der Waals surface area contributed by atoms with Gasteiger partial charge in [-0.15, -0.1) is 24.8 Å². The van der Waals surface area contributed by atoms with Crippen LogP contribution in [0.15, 0.2) is 0 Å². The third-order valence-electron chi connectivity index (χ3n) is 3.46. The Morgan fingerprint density at radius 3 is 2.13 bits per heavy atom. The minimum absolute atomic E-state index is 0. The van der Waals surface area contributed by atoms with E-state index in [9.17, 15) is 0 Å². The number of aliphatic hydroxyl groups is 1. The van der Waals surface area contributed by atoms with Crippen LogP contribution in [0.4, 0.5) is 0 Å². The number of nitrogens with zero attached hydrogens (tertiary/aromatic N) is 1. The number of likely N-dealkylation sites (tertiary alicyclic amines) is 1. The van der Waals surface area contributed by atoms with Crippen molar-refractivity contribution in [3.05, 3.63) is 0 Å². The Bertz CT molecular complexity index is 160. The quantitative estimate of drug-likeness (QED) is 0.788. The summed E-state index contributed by atoms with van der Waals surface area (Å²) in [5.74, 6) is 0.786. The zero-order valence-corrected chi connectivity index (χ0v) is 10.7. The second-order valence-corrected chi connectivity index (χ2v) is 4.30. The van der Waals surface area contributed by atoms with E-state index in [0.29, 0.717) is 6.61 Å². The summed E-state index contributed by atoms with van der Waals surface area (Å²) in [5.41, 5.74) is 0. The Balaban J connectivity index is 0.000000980. The lowest BCUT2D eigenvalue weighted by Gasteiger charge is -2.42. The second kappa shape index (κ2) is 7.69. The van der Waals surface area contributed by atoms with E-state index in [4.69, 9.17) is 5.11 Å². The maximum absolute atomic E-state index is 8.83. The van der Waals surface area contributed by atoms with Gasteiger partial charge in [-0.1, -0.05) is 0 Å². The van der Waals surface area contributed by atoms with Crippen molar-refractivity contribution < 1.29 is 5.11 Å². The van der Waals surface area contributed by atoms with Gasteiger partial charge >= 0.3 is 0 Å². The Kier molecular flexibility index (Phi) is 7.92. The molecule has 2 N–H and O–H groups in total. The molecule has 2 aliphatic heterocycles. The molecule has 2 fully saturated rings. The fourth-order valence-corrected chi connectivity index (χ4v) is 2.32. The third-order valence-corrected chi connectivity index (χ3v) is 3.46. The molecule has 5 heteroatoms. The Morgan fingerprint density at radius 2 is 1.73 bits per heavy atom. The standard InChI is InChI=1S/C10H20N2O.2ClH/c13-6-3-9-1-4-12(5-2-9)10-7-11-8-10;;/h9-11,13H,1-8H2;2*1H. The fourth-order valence-electron chi connectivity index (χ4n) is 2.32. The van der Waals surface area contributed by atoms with E-state index in [1.165, 1.54) is 39.0 Å². The number of rotatable bonds is 3. The molecule has 0 amide bonds. The highest BCUT2D eigenvalue weighted by Crippen LogP contribution is 2.22. The van der Waals surface area contributed by atoms with Crippen LogP contribution in [-0.4, -0.2) is 48.8 Å². The average Bonchev–Trinajstić information content (AvgIpc) is 2.06. The molecule has 2 heterocycles. The molecular weight excluding hydrogens is 235 g/mol. The summed E-state index contributed by atoms with van der Waals surface area (Å²) >= 11 is 0. The predicted octanol–water partition coefficient (Wildman–Crippen LogP) is 0.896. The molecule has 2 saturated heterocycles. The number of hydrogen-bond acceptors (Lipinski definition) is 3. The molecule has 0 saturated carbocycles. The maximum Gasteiger partial charge on any atom is 0.0433 e. The molecule has 0 spiro atoms. The molecule has 0 aromatic carbocycles. The highest BCUT2D eigenvalue weighted by atomic mass is 35.5. The number of piperidine rings is 1. The number of hydrogen-bond donors (Lipinski definition) is 2. The first-order chi connectivity index (χ1) is 6.40. The largest absolute Gasteiger partial charge is 0.396 e. The lowest BCUT2D eigenvalue weighted by molar-refractivity contribution is 0.0905. The van der Waals surface area contributed by atoms with Gasteiger partial charge < -0.3 is 10.4 Å². The van der Waals surface area contributed by atoms with E-state index in [2.05, 4.69) is 10.2 Å². The smallest absolute Gasteiger partial charge is 0.0433 e. The fraction of sp³-hybridized carbons (Fsp3) is 1.00. The third kappa shape index (κ3) is 4.08. The van der Waals surface area contributed by atoms with Crippen LogP contribution in [0.3, 0.4) is 0 Å². The van der Waals surface area contributed by atoms with Crippen molar-refractivity contribution in [2.24, 2.45) is 5.92 Å². The van der Waals surface area contributed by atoms with Crippen molar-refractivity contribution in [1.29, 1.82) is 0 Å². The molecule has 0 aromatic heterocycles. The Labute approximate surface area is 104 Å². The highest BCUT2D eigenvalue weighted by Gasteiger charge is 2.27. The summed E-state index contributed by atoms with van der Waals surface area (Å²) in [4.78, 5) is 2.60. The predicted molar refractivity (Wildman–Crippen MR) is 67.2 cm³/mol. The SMILES string of the molecule is Cl.Cl.OCCC1CCN(C2CNC2)CC1. The van der Waals surface area contributed by atoms with Crippen LogP contribution in [0.2, 0.25) is 0 Å². The molecule has 2 aliphatic rings. The van der Waals surface area contributed by atoms with E-state index in [1.807, 2.05) is 0 Å². The molecule has 3 nitrogen and oxygen atoms in total. The van der Waals surface area contributed by atoms with Crippen LogP contribution in [0.1, 0.15) is 19.3 Å². The summed E-state index contributed by atoms with van der Waals surface area (Å²) in [6.45, 7) is 5.24. The van der Waals surface area contributed by atoms with E-state index in [1.54, 1.807) is 0 Å². The van der Waals surface area contributed by atoms with Crippen molar-refractivity contribution >= 4 is 24.8 Å². The first-order valence-electron chi connectivity index (χ1n) is 5.46. The molecule has 0 aromatic rings. The highest BCUT2D eigenvalue weighted by molar-refractivity contribution is 5.85. The first kappa shape index (κ1) is 15.5. The first-order valence-corrected chi connectivity index (χ1v) is 5.46. The van der Waals surface area contributed by atoms with E-state index >= 15 is 0 Å². The van der Waals surface area contributed by atoms with Crippen molar-refractivity contribution in [2.45, 2.75) is 25.3 Å². The van der Waals surface area contributed by atoms with Gasteiger partial charge in [-0.05, 0) is 38.3 Å². The van der Waals surface area contributed by atoms with Gasteiger partial charge in [0.1, 0.15) is 0 Å². The van der Waals surface area contributed by atoms with Crippen LogP contribution < -0.4 is 5.32 Å². The van der Waals surface area contributed by atoms with Crippen LogP contribution in [0.5, 0.6) is 0 Å².